The number of sulfone groups is 1. The van der Waals surface area contributed by atoms with Gasteiger partial charge in [0.1, 0.15) is 0 Å². The molecule has 1 aliphatic rings. The van der Waals surface area contributed by atoms with Gasteiger partial charge in [0.05, 0.1) is 17.1 Å². The smallest absolute Gasteiger partial charge is 0.157 e. The second-order valence-electron chi connectivity index (χ2n) is 3.06. The molecular weight excluding hydrogens is 178 g/mol. The highest BCUT2D eigenvalue weighted by molar-refractivity contribution is 7.92. The standard InChI is InChI=1S/C7H15NO3S/c1-6-7(2-4-11-6)12(9,10)5-3-8/h6-7H,2-5,8H2,1H3. The topological polar surface area (TPSA) is 69.4 Å². The minimum Gasteiger partial charge on any atom is -0.377 e. The summed E-state index contributed by atoms with van der Waals surface area (Å²) in [4.78, 5) is 0. The number of ether oxygens (including phenoxy) is 1. The van der Waals surface area contributed by atoms with Crippen LogP contribution in [0, 0.1) is 0 Å². The Morgan fingerprint density at radius 3 is 2.67 bits per heavy atom. The van der Waals surface area contributed by atoms with Crippen molar-refractivity contribution in [2.24, 2.45) is 5.73 Å². The summed E-state index contributed by atoms with van der Waals surface area (Å²) in [5.41, 5.74) is 5.21. The van der Waals surface area contributed by atoms with Crippen molar-refractivity contribution in [2.75, 3.05) is 18.9 Å². The van der Waals surface area contributed by atoms with Gasteiger partial charge in [0, 0.05) is 13.2 Å². The Bertz CT molecular complexity index is 237. The van der Waals surface area contributed by atoms with Crippen molar-refractivity contribution in [1.29, 1.82) is 0 Å². The van der Waals surface area contributed by atoms with Crippen molar-refractivity contribution >= 4 is 9.84 Å². The van der Waals surface area contributed by atoms with Gasteiger partial charge in [0.2, 0.25) is 0 Å². The van der Waals surface area contributed by atoms with Crippen molar-refractivity contribution in [3.8, 4) is 0 Å². The zero-order chi connectivity index (χ0) is 9.19. The summed E-state index contributed by atoms with van der Waals surface area (Å²) < 4.78 is 28.1. The quantitative estimate of drug-likeness (QED) is 0.658. The molecule has 0 aromatic rings. The molecule has 0 aromatic heterocycles. The fourth-order valence-corrected chi connectivity index (χ4v) is 3.25. The lowest BCUT2D eigenvalue weighted by atomic mass is 10.3. The molecule has 0 spiro atoms. The molecule has 0 aromatic carbocycles. The van der Waals surface area contributed by atoms with E-state index in [1.807, 2.05) is 0 Å². The third kappa shape index (κ3) is 1.97. The first-order chi connectivity index (χ1) is 5.58. The Hall–Kier alpha value is -0.130. The van der Waals surface area contributed by atoms with E-state index in [9.17, 15) is 8.42 Å². The SMILES string of the molecule is CC1OCCC1S(=O)(=O)CCN. The van der Waals surface area contributed by atoms with Crippen LogP contribution in [0.1, 0.15) is 13.3 Å². The van der Waals surface area contributed by atoms with Gasteiger partial charge in [-0.15, -0.1) is 0 Å². The van der Waals surface area contributed by atoms with Crippen LogP contribution >= 0.6 is 0 Å². The van der Waals surface area contributed by atoms with E-state index in [2.05, 4.69) is 0 Å². The Balaban J connectivity index is 2.68. The maximum atomic E-state index is 11.5. The highest BCUT2D eigenvalue weighted by Crippen LogP contribution is 2.20. The van der Waals surface area contributed by atoms with E-state index in [0.717, 1.165) is 0 Å². The lowest BCUT2D eigenvalue weighted by Gasteiger charge is -2.13. The lowest BCUT2D eigenvalue weighted by molar-refractivity contribution is 0.126. The van der Waals surface area contributed by atoms with Crippen molar-refractivity contribution in [1.82, 2.24) is 0 Å². The van der Waals surface area contributed by atoms with Gasteiger partial charge in [-0.2, -0.15) is 0 Å². The molecule has 0 saturated carbocycles. The molecule has 0 bridgehead atoms. The van der Waals surface area contributed by atoms with Gasteiger partial charge in [0.25, 0.3) is 0 Å². The van der Waals surface area contributed by atoms with Crippen molar-refractivity contribution in [3.05, 3.63) is 0 Å². The molecule has 72 valence electrons. The normalized spacial score (nSPS) is 30.8. The molecular formula is C7H15NO3S. The van der Waals surface area contributed by atoms with Gasteiger partial charge in [0.15, 0.2) is 9.84 Å². The summed E-state index contributed by atoms with van der Waals surface area (Å²) in [5, 5.41) is -0.332. The van der Waals surface area contributed by atoms with E-state index in [0.29, 0.717) is 13.0 Å². The first kappa shape index (κ1) is 9.95. The largest absolute Gasteiger partial charge is 0.377 e. The summed E-state index contributed by atoms with van der Waals surface area (Å²) >= 11 is 0. The van der Waals surface area contributed by atoms with Gasteiger partial charge in [-0.05, 0) is 13.3 Å². The Labute approximate surface area is 73.0 Å². The first-order valence-corrected chi connectivity index (χ1v) is 5.82. The summed E-state index contributed by atoms with van der Waals surface area (Å²) in [7, 11) is -3.01. The molecule has 4 nitrogen and oxygen atoms in total. The molecule has 5 heteroatoms. The highest BCUT2D eigenvalue weighted by Gasteiger charge is 2.34. The van der Waals surface area contributed by atoms with Crippen molar-refractivity contribution in [2.45, 2.75) is 24.7 Å². The van der Waals surface area contributed by atoms with Crippen LogP contribution in [0.15, 0.2) is 0 Å². The summed E-state index contributed by atoms with van der Waals surface area (Å²) in [6, 6.07) is 0. The molecule has 2 N–H and O–H groups in total. The van der Waals surface area contributed by atoms with E-state index in [-0.39, 0.29) is 23.7 Å². The minimum absolute atomic E-state index is 0.0748. The lowest BCUT2D eigenvalue weighted by Crippen LogP contribution is -2.32. The Morgan fingerprint density at radius 1 is 1.58 bits per heavy atom. The van der Waals surface area contributed by atoms with Crippen LogP contribution in [-0.2, 0) is 14.6 Å². The highest BCUT2D eigenvalue weighted by atomic mass is 32.2. The molecule has 1 heterocycles. The molecule has 1 saturated heterocycles. The van der Waals surface area contributed by atoms with E-state index in [1.54, 1.807) is 6.92 Å². The van der Waals surface area contributed by atoms with Gasteiger partial charge in [-0.1, -0.05) is 0 Å². The van der Waals surface area contributed by atoms with Crippen molar-refractivity contribution in [3.63, 3.8) is 0 Å². The van der Waals surface area contributed by atoms with Gasteiger partial charge < -0.3 is 10.5 Å². The molecule has 1 rings (SSSR count). The van der Waals surface area contributed by atoms with Gasteiger partial charge >= 0.3 is 0 Å². The molecule has 0 amide bonds. The molecule has 12 heavy (non-hydrogen) atoms. The van der Waals surface area contributed by atoms with Crippen LogP contribution in [0.4, 0.5) is 0 Å². The molecule has 2 unspecified atom stereocenters. The Kier molecular flexibility index (Phi) is 3.09. The van der Waals surface area contributed by atoms with Crippen LogP contribution in [0.5, 0.6) is 0 Å². The number of hydrogen-bond acceptors (Lipinski definition) is 4. The van der Waals surface area contributed by atoms with Crippen LogP contribution < -0.4 is 5.73 Å². The van der Waals surface area contributed by atoms with E-state index in [1.165, 1.54) is 0 Å². The van der Waals surface area contributed by atoms with Crippen LogP contribution in [0.3, 0.4) is 0 Å². The molecule has 2 atom stereocenters. The molecule has 1 fully saturated rings. The van der Waals surface area contributed by atoms with Crippen LogP contribution in [-0.4, -0.2) is 38.7 Å². The predicted octanol–water partition coefficient (Wildman–Crippen LogP) is -0.463. The number of rotatable bonds is 3. The molecule has 0 radical (unpaired) electrons. The van der Waals surface area contributed by atoms with Crippen LogP contribution in [0.25, 0.3) is 0 Å². The maximum absolute atomic E-state index is 11.5. The monoisotopic (exact) mass is 193 g/mol. The summed E-state index contributed by atoms with van der Waals surface area (Å²) in [5.74, 6) is 0.0748. The Morgan fingerprint density at radius 2 is 2.25 bits per heavy atom. The zero-order valence-corrected chi connectivity index (χ0v) is 8.01. The second-order valence-corrected chi connectivity index (χ2v) is 5.40. The second kappa shape index (κ2) is 3.72. The third-order valence-electron chi connectivity index (χ3n) is 2.17. The molecule has 1 aliphatic heterocycles. The van der Waals surface area contributed by atoms with Gasteiger partial charge in [-0.3, -0.25) is 0 Å². The first-order valence-electron chi connectivity index (χ1n) is 4.11. The summed E-state index contributed by atoms with van der Waals surface area (Å²) in [6.07, 6.45) is 0.449. The minimum atomic E-state index is -3.01. The third-order valence-corrected chi connectivity index (χ3v) is 4.52. The maximum Gasteiger partial charge on any atom is 0.157 e. The van der Waals surface area contributed by atoms with E-state index >= 15 is 0 Å². The fourth-order valence-electron chi connectivity index (χ4n) is 1.50. The zero-order valence-electron chi connectivity index (χ0n) is 7.19. The van der Waals surface area contributed by atoms with Crippen LogP contribution in [0.2, 0.25) is 0 Å². The number of nitrogens with two attached hydrogens (primary N) is 1. The number of hydrogen-bond donors (Lipinski definition) is 1. The summed E-state index contributed by atoms with van der Waals surface area (Å²) in [6.45, 7) is 2.55. The van der Waals surface area contributed by atoms with Crippen molar-refractivity contribution < 1.29 is 13.2 Å². The van der Waals surface area contributed by atoms with E-state index < -0.39 is 9.84 Å². The fraction of sp³-hybridized carbons (Fsp3) is 1.00. The van der Waals surface area contributed by atoms with Gasteiger partial charge in [-0.25, -0.2) is 8.42 Å². The van der Waals surface area contributed by atoms with E-state index in [4.69, 9.17) is 10.5 Å². The molecule has 0 aliphatic carbocycles. The predicted molar refractivity (Wildman–Crippen MR) is 46.7 cm³/mol. The average molecular weight is 193 g/mol. The average Bonchev–Trinajstić information content (AvgIpc) is 2.35.